The summed E-state index contributed by atoms with van der Waals surface area (Å²) in [6.45, 7) is 0.876. The van der Waals surface area contributed by atoms with Crippen molar-refractivity contribution in [3.05, 3.63) is 16.5 Å². The summed E-state index contributed by atoms with van der Waals surface area (Å²) in [5.41, 5.74) is 0. The van der Waals surface area contributed by atoms with E-state index >= 15 is 0 Å². The highest BCUT2D eigenvalue weighted by molar-refractivity contribution is 9.10. The summed E-state index contributed by atoms with van der Waals surface area (Å²) < 4.78 is 6.75. The van der Waals surface area contributed by atoms with E-state index in [1.807, 2.05) is 6.07 Å². The van der Waals surface area contributed by atoms with Gasteiger partial charge in [-0.2, -0.15) is 0 Å². The Morgan fingerprint density at radius 3 is 2.74 bits per heavy atom. The molecule has 1 saturated heterocycles. The Bertz CT molecular complexity index is 488. The van der Waals surface area contributed by atoms with Crippen LogP contribution < -0.4 is 5.32 Å². The van der Waals surface area contributed by atoms with E-state index in [9.17, 15) is 0 Å². The van der Waals surface area contributed by atoms with E-state index in [1.54, 1.807) is 0 Å². The number of aromatic nitrogens is 2. The molecular formula is C14H18BrN3O. The van der Waals surface area contributed by atoms with Gasteiger partial charge < -0.3 is 10.1 Å². The quantitative estimate of drug-likeness (QED) is 0.865. The van der Waals surface area contributed by atoms with Gasteiger partial charge in [-0.15, -0.1) is 0 Å². The molecule has 0 amide bonds. The maximum absolute atomic E-state index is 5.86. The number of halogens is 1. The molecule has 2 unspecified atom stereocenters. The predicted octanol–water partition coefficient (Wildman–Crippen LogP) is 3.10. The molecule has 2 atom stereocenters. The van der Waals surface area contributed by atoms with E-state index in [1.165, 1.54) is 25.7 Å². The summed E-state index contributed by atoms with van der Waals surface area (Å²) in [4.78, 5) is 9.14. The SMILES string of the molecule is Brc1cc(NC2CCOC2C2CC2)nc(C2CC2)n1. The van der Waals surface area contributed by atoms with E-state index in [0.29, 0.717) is 18.1 Å². The van der Waals surface area contributed by atoms with Gasteiger partial charge in [0.2, 0.25) is 0 Å². The average molecular weight is 324 g/mol. The number of rotatable bonds is 4. The zero-order valence-corrected chi connectivity index (χ0v) is 12.4. The Kier molecular flexibility index (Phi) is 2.99. The van der Waals surface area contributed by atoms with Gasteiger partial charge in [-0.1, -0.05) is 0 Å². The zero-order valence-electron chi connectivity index (χ0n) is 10.8. The maximum Gasteiger partial charge on any atom is 0.135 e. The van der Waals surface area contributed by atoms with Crippen LogP contribution in [0, 0.1) is 5.92 Å². The third-order valence-corrected chi connectivity index (χ3v) is 4.62. The minimum Gasteiger partial charge on any atom is -0.376 e. The van der Waals surface area contributed by atoms with Crippen molar-refractivity contribution in [1.82, 2.24) is 9.97 Å². The minimum absolute atomic E-state index is 0.387. The summed E-state index contributed by atoms with van der Waals surface area (Å²) in [6, 6.07) is 2.40. The fraction of sp³-hybridized carbons (Fsp3) is 0.714. The molecule has 1 N–H and O–H groups in total. The van der Waals surface area contributed by atoms with Crippen LogP contribution in [0.4, 0.5) is 5.82 Å². The Labute approximate surface area is 121 Å². The van der Waals surface area contributed by atoms with Crippen LogP contribution in [0.25, 0.3) is 0 Å². The Morgan fingerprint density at radius 1 is 1.16 bits per heavy atom. The second-order valence-corrected chi connectivity index (χ2v) is 6.73. The fourth-order valence-corrected chi connectivity index (χ4v) is 3.28. The van der Waals surface area contributed by atoms with Crippen LogP contribution in [0.2, 0.25) is 0 Å². The lowest BCUT2D eigenvalue weighted by molar-refractivity contribution is 0.0898. The average Bonchev–Trinajstić information content (AvgIpc) is 3.29. The molecule has 2 aliphatic carbocycles. The molecule has 1 aliphatic heterocycles. The molecule has 1 aromatic rings. The summed E-state index contributed by atoms with van der Waals surface area (Å²) in [5.74, 6) is 3.29. The molecule has 2 heterocycles. The first kappa shape index (κ1) is 12.1. The fourth-order valence-electron chi connectivity index (χ4n) is 2.88. The molecule has 0 radical (unpaired) electrons. The lowest BCUT2D eigenvalue weighted by Crippen LogP contribution is -2.31. The van der Waals surface area contributed by atoms with Gasteiger partial charge in [0.25, 0.3) is 0 Å². The van der Waals surface area contributed by atoms with Crippen molar-refractivity contribution in [3.63, 3.8) is 0 Å². The third kappa shape index (κ3) is 2.63. The predicted molar refractivity (Wildman–Crippen MR) is 76.2 cm³/mol. The summed E-state index contributed by atoms with van der Waals surface area (Å²) in [6.07, 6.45) is 6.58. The Balaban J connectivity index is 1.52. The topological polar surface area (TPSA) is 47.0 Å². The van der Waals surface area contributed by atoms with Gasteiger partial charge in [0.15, 0.2) is 0 Å². The van der Waals surface area contributed by atoms with Crippen LogP contribution in [0.15, 0.2) is 10.7 Å². The lowest BCUT2D eigenvalue weighted by Gasteiger charge is -2.20. The van der Waals surface area contributed by atoms with Crippen molar-refractivity contribution in [2.75, 3.05) is 11.9 Å². The monoisotopic (exact) mass is 323 g/mol. The van der Waals surface area contributed by atoms with Crippen molar-refractivity contribution >= 4 is 21.7 Å². The van der Waals surface area contributed by atoms with E-state index in [-0.39, 0.29) is 0 Å². The van der Waals surface area contributed by atoms with Crippen LogP contribution in [-0.2, 0) is 4.74 Å². The van der Waals surface area contributed by atoms with Gasteiger partial charge in [0.05, 0.1) is 12.1 Å². The Hall–Kier alpha value is -0.680. The first-order valence-corrected chi connectivity index (χ1v) is 8.01. The standard InChI is InChI=1S/C14H18BrN3O/c15-11-7-12(18-14(17-11)9-3-4-9)16-10-5-6-19-13(10)8-1-2-8/h7-10,13H,1-6H2,(H,16,17,18). The molecule has 2 saturated carbocycles. The molecule has 3 aliphatic rings. The molecule has 19 heavy (non-hydrogen) atoms. The zero-order chi connectivity index (χ0) is 12.8. The largest absolute Gasteiger partial charge is 0.376 e. The molecule has 4 nitrogen and oxygen atoms in total. The van der Waals surface area contributed by atoms with Gasteiger partial charge in [-0.3, -0.25) is 0 Å². The minimum atomic E-state index is 0.387. The van der Waals surface area contributed by atoms with Gasteiger partial charge in [0.1, 0.15) is 16.2 Å². The smallest absolute Gasteiger partial charge is 0.135 e. The third-order valence-electron chi connectivity index (χ3n) is 4.21. The number of hydrogen-bond acceptors (Lipinski definition) is 4. The van der Waals surface area contributed by atoms with Gasteiger partial charge in [0, 0.05) is 18.6 Å². The second kappa shape index (κ2) is 4.70. The molecule has 102 valence electrons. The summed E-state index contributed by atoms with van der Waals surface area (Å²) in [5, 5.41) is 3.57. The van der Waals surface area contributed by atoms with Crippen LogP contribution in [-0.4, -0.2) is 28.7 Å². The molecule has 1 aromatic heterocycles. The van der Waals surface area contributed by atoms with Crippen molar-refractivity contribution < 1.29 is 4.74 Å². The summed E-state index contributed by atoms with van der Waals surface area (Å²) in [7, 11) is 0. The van der Waals surface area contributed by atoms with Crippen LogP contribution >= 0.6 is 15.9 Å². The van der Waals surface area contributed by atoms with Gasteiger partial charge in [-0.25, -0.2) is 9.97 Å². The van der Waals surface area contributed by atoms with Gasteiger partial charge >= 0.3 is 0 Å². The molecule has 0 spiro atoms. The molecular weight excluding hydrogens is 306 g/mol. The normalized spacial score (nSPS) is 30.6. The first-order valence-electron chi connectivity index (χ1n) is 7.22. The number of nitrogens with zero attached hydrogens (tertiary/aromatic N) is 2. The number of ether oxygens (including phenoxy) is 1. The molecule has 3 fully saturated rings. The molecule has 4 rings (SSSR count). The van der Waals surface area contributed by atoms with E-state index < -0.39 is 0 Å². The Morgan fingerprint density at radius 2 is 2.00 bits per heavy atom. The van der Waals surface area contributed by atoms with Crippen LogP contribution in [0.3, 0.4) is 0 Å². The highest BCUT2D eigenvalue weighted by atomic mass is 79.9. The van der Waals surface area contributed by atoms with E-state index in [4.69, 9.17) is 4.74 Å². The van der Waals surface area contributed by atoms with Gasteiger partial charge in [-0.05, 0) is 54.0 Å². The highest BCUT2D eigenvalue weighted by Gasteiger charge is 2.40. The van der Waals surface area contributed by atoms with Crippen molar-refractivity contribution in [1.29, 1.82) is 0 Å². The van der Waals surface area contributed by atoms with E-state index in [2.05, 4.69) is 31.2 Å². The highest BCUT2D eigenvalue weighted by Crippen LogP contribution is 2.41. The van der Waals surface area contributed by atoms with E-state index in [0.717, 1.165) is 35.2 Å². The van der Waals surface area contributed by atoms with Crippen molar-refractivity contribution in [2.24, 2.45) is 5.92 Å². The molecule has 0 aromatic carbocycles. The molecule has 0 bridgehead atoms. The molecule has 5 heteroatoms. The lowest BCUT2D eigenvalue weighted by atomic mass is 10.1. The number of nitrogens with one attached hydrogen (secondary N) is 1. The maximum atomic E-state index is 5.86. The second-order valence-electron chi connectivity index (χ2n) is 5.92. The van der Waals surface area contributed by atoms with Crippen molar-refractivity contribution in [3.8, 4) is 0 Å². The first-order chi connectivity index (χ1) is 9.29. The summed E-state index contributed by atoms with van der Waals surface area (Å²) >= 11 is 3.49. The number of anilines is 1. The van der Waals surface area contributed by atoms with Crippen LogP contribution in [0.5, 0.6) is 0 Å². The number of hydrogen-bond donors (Lipinski definition) is 1. The van der Waals surface area contributed by atoms with Crippen LogP contribution in [0.1, 0.15) is 43.8 Å². The van der Waals surface area contributed by atoms with Crippen molar-refractivity contribution in [2.45, 2.75) is 50.2 Å².